The van der Waals surface area contributed by atoms with Gasteiger partial charge in [-0.25, -0.2) is 4.98 Å². The third-order valence-electron chi connectivity index (χ3n) is 1.81. The number of aryl methyl sites for hydroxylation is 1. The Kier molecular flexibility index (Phi) is 4.35. The topological polar surface area (TPSA) is 42.4 Å². The fourth-order valence-electron chi connectivity index (χ4n) is 1.13. The summed E-state index contributed by atoms with van der Waals surface area (Å²) in [4.78, 5) is 5.51. The molecule has 0 bridgehead atoms. The summed E-state index contributed by atoms with van der Waals surface area (Å²) in [6, 6.07) is 0. The van der Waals surface area contributed by atoms with E-state index in [2.05, 4.69) is 11.9 Å². The molecule has 1 N–H and O–H groups in total. The van der Waals surface area contributed by atoms with Crippen LogP contribution < -0.4 is 0 Å². The molecule has 0 unspecified atom stereocenters. The molecule has 13 heavy (non-hydrogen) atoms. The maximum atomic E-state index is 9.00. The van der Waals surface area contributed by atoms with Crippen LogP contribution in [-0.2, 0) is 24.2 Å². The van der Waals surface area contributed by atoms with E-state index in [0.29, 0.717) is 6.61 Å². The predicted molar refractivity (Wildman–Crippen MR) is 53.0 cm³/mol. The van der Waals surface area contributed by atoms with Crippen molar-refractivity contribution in [3.63, 3.8) is 0 Å². The zero-order chi connectivity index (χ0) is 9.68. The fraction of sp³-hybridized carbons (Fsp3) is 0.667. The second-order valence-electron chi connectivity index (χ2n) is 2.73. The van der Waals surface area contributed by atoms with E-state index in [1.807, 2.05) is 0 Å². The van der Waals surface area contributed by atoms with E-state index in [1.165, 1.54) is 4.88 Å². The molecule has 0 aromatic carbocycles. The van der Waals surface area contributed by atoms with Crippen molar-refractivity contribution in [3.05, 3.63) is 15.6 Å². The van der Waals surface area contributed by atoms with Gasteiger partial charge in [0.15, 0.2) is 0 Å². The minimum absolute atomic E-state index is 0.0483. The molecule has 1 aromatic rings. The molecular weight excluding hydrogens is 186 g/mol. The molecular formula is C9H15NO2S. The Balaban J connectivity index is 2.68. The summed E-state index contributed by atoms with van der Waals surface area (Å²) in [6.45, 7) is 2.82. The van der Waals surface area contributed by atoms with Crippen LogP contribution in [0.1, 0.15) is 22.5 Å². The molecule has 1 aromatic heterocycles. The van der Waals surface area contributed by atoms with E-state index in [9.17, 15) is 0 Å². The number of aliphatic hydroxyl groups is 1. The van der Waals surface area contributed by atoms with E-state index < -0.39 is 0 Å². The third-order valence-corrected chi connectivity index (χ3v) is 3.12. The molecule has 4 heteroatoms. The summed E-state index contributed by atoms with van der Waals surface area (Å²) in [7, 11) is 1.68. The minimum Gasteiger partial charge on any atom is -0.390 e. The Hall–Kier alpha value is -0.450. The van der Waals surface area contributed by atoms with Crippen molar-refractivity contribution in [2.45, 2.75) is 26.4 Å². The van der Waals surface area contributed by atoms with Gasteiger partial charge in [0.1, 0.15) is 0 Å². The van der Waals surface area contributed by atoms with Gasteiger partial charge in [-0.05, 0) is 6.42 Å². The molecule has 0 atom stereocenters. The lowest BCUT2D eigenvalue weighted by atomic mass is 10.3. The van der Waals surface area contributed by atoms with Gasteiger partial charge in [0, 0.05) is 18.4 Å². The number of rotatable bonds is 5. The van der Waals surface area contributed by atoms with Gasteiger partial charge in [-0.2, -0.15) is 0 Å². The Morgan fingerprint density at radius 1 is 1.54 bits per heavy atom. The second-order valence-corrected chi connectivity index (χ2v) is 3.90. The quantitative estimate of drug-likeness (QED) is 0.782. The zero-order valence-corrected chi connectivity index (χ0v) is 8.86. The minimum atomic E-state index is 0.0483. The molecule has 0 saturated carbocycles. The normalized spacial score (nSPS) is 10.7. The Morgan fingerprint density at radius 3 is 2.77 bits per heavy atom. The van der Waals surface area contributed by atoms with E-state index >= 15 is 0 Å². The van der Waals surface area contributed by atoms with Crippen LogP contribution in [0.15, 0.2) is 0 Å². The first-order valence-electron chi connectivity index (χ1n) is 4.39. The summed E-state index contributed by atoms with van der Waals surface area (Å²) in [5, 5.41) is 10.1. The van der Waals surface area contributed by atoms with Crippen molar-refractivity contribution >= 4 is 11.3 Å². The highest BCUT2D eigenvalue weighted by Gasteiger charge is 2.07. The number of hydrogen-bond donors (Lipinski definition) is 1. The van der Waals surface area contributed by atoms with E-state index in [4.69, 9.17) is 9.84 Å². The van der Waals surface area contributed by atoms with E-state index in [-0.39, 0.29) is 6.61 Å². The number of thiazole rings is 1. The zero-order valence-electron chi connectivity index (χ0n) is 8.04. The second kappa shape index (κ2) is 5.32. The Bertz CT molecular complexity index is 239. The van der Waals surface area contributed by atoms with Gasteiger partial charge in [-0.15, -0.1) is 11.3 Å². The molecule has 0 saturated heterocycles. The molecule has 1 heterocycles. The number of ether oxygens (including phenoxy) is 1. The van der Waals surface area contributed by atoms with Crippen LogP contribution in [-0.4, -0.2) is 23.8 Å². The SMILES string of the molecule is CCc1sc(CCOC)nc1CO. The van der Waals surface area contributed by atoms with Gasteiger partial charge in [0.05, 0.1) is 23.9 Å². The van der Waals surface area contributed by atoms with Gasteiger partial charge in [0.25, 0.3) is 0 Å². The molecule has 3 nitrogen and oxygen atoms in total. The van der Waals surface area contributed by atoms with Gasteiger partial charge in [-0.1, -0.05) is 6.92 Å². The Morgan fingerprint density at radius 2 is 2.31 bits per heavy atom. The summed E-state index contributed by atoms with van der Waals surface area (Å²) in [5.74, 6) is 0. The van der Waals surface area contributed by atoms with Crippen LogP contribution in [0, 0.1) is 0 Å². The van der Waals surface area contributed by atoms with Gasteiger partial charge in [-0.3, -0.25) is 0 Å². The predicted octanol–water partition coefficient (Wildman–Crippen LogP) is 1.39. The first-order chi connectivity index (χ1) is 6.31. The van der Waals surface area contributed by atoms with Crippen LogP contribution in [0.25, 0.3) is 0 Å². The molecule has 0 amide bonds. The average molecular weight is 201 g/mol. The van der Waals surface area contributed by atoms with Crippen molar-refractivity contribution < 1.29 is 9.84 Å². The van der Waals surface area contributed by atoms with Crippen LogP contribution in [0.2, 0.25) is 0 Å². The highest BCUT2D eigenvalue weighted by Crippen LogP contribution is 2.19. The lowest BCUT2D eigenvalue weighted by molar-refractivity contribution is 0.202. The number of aliphatic hydroxyl groups excluding tert-OH is 1. The fourth-order valence-corrected chi connectivity index (χ4v) is 2.13. The van der Waals surface area contributed by atoms with Crippen LogP contribution in [0.3, 0.4) is 0 Å². The van der Waals surface area contributed by atoms with Gasteiger partial charge < -0.3 is 9.84 Å². The number of methoxy groups -OCH3 is 1. The maximum absolute atomic E-state index is 9.00. The molecule has 1 rings (SSSR count). The van der Waals surface area contributed by atoms with Gasteiger partial charge in [0.2, 0.25) is 0 Å². The summed E-state index contributed by atoms with van der Waals surface area (Å²) in [6.07, 6.45) is 1.79. The number of hydrogen-bond acceptors (Lipinski definition) is 4. The lowest BCUT2D eigenvalue weighted by Crippen LogP contribution is -1.94. The molecule has 74 valence electrons. The van der Waals surface area contributed by atoms with Crippen molar-refractivity contribution in [3.8, 4) is 0 Å². The highest BCUT2D eigenvalue weighted by molar-refractivity contribution is 7.11. The first-order valence-corrected chi connectivity index (χ1v) is 5.20. The highest BCUT2D eigenvalue weighted by atomic mass is 32.1. The molecule has 0 radical (unpaired) electrons. The summed E-state index contributed by atoms with van der Waals surface area (Å²) < 4.78 is 4.97. The van der Waals surface area contributed by atoms with Crippen molar-refractivity contribution in [1.29, 1.82) is 0 Å². The first kappa shape index (κ1) is 10.6. The number of aromatic nitrogens is 1. The van der Waals surface area contributed by atoms with E-state index in [0.717, 1.165) is 23.5 Å². The standard InChI is InChI=1S/C9H15NO2S/c1-3-8-7(6-11)10-9(13-8)4-5-12-2/h11H,3-6H2,1-2H3. The molecule has 0 spiro atoms. The van der Waals surface area contributed by atoms with Crippen LogP contribution >= 0.6 is 11.3 Å². The molecule has 0 aliphatic heterocycles. The molecule has 0 aliphatic rings. The van der Waals surface area contributed by atoms with E-state index in [1.54, 1.807) is 18.4 Å². The number of nitrogens with zero attached hydrogens (tertiary/aromatic N) is 1. The third kappa shape index (κ3) is 2.76. The summed E-state index contributed by atoms with van der Waals surface area (Å²) in [5.41, 5.74) is 0.832. The van der Waals surface area contributed by atoms with Crippen molar-refractivity contribution in [1.82, 2.24) is 4.98 Å². The largest absolute Gasteiger partial charge is 0.390 e. The van der Waals surface area contributed by atoms with Crippen LogP contribution in [0.5, 0.6) is 0 Å². The monoisotopic (exact) mass is 201 g/mol. The maximum Gasteiger partial charge on any atom is 0.0955 e. The average Bonchev–Trinajstić information content (AvgIpc) is 2.57. The smallest absolute Gasteiger partial charge is 0.0955 e. The molecule has 0 fully saturated rings. The van der Waals surface area contributed by atoms with Crippen molar-refractivity contribution in [2.75, 3.05) is 13.7 Å². The van der Waals surface area contributed by atoms with Crippen molar-refractivity contribution in [2.24, 2.45) is 0 Å². The summed E-state index contributed by atoms with van der Waals surface area (Å²) >= 11 is 1.67. The van der Waals surface area contributed by atoms with Gasteiger partial charge >= 0.3 is 0 Å². The lowest BCUT2D eigenvalue weighted by Gasteiger charge is -1.92. The Labute approximate surface area is 82.4 Å². The van der Waals surface area contributed by atoms with Crippen LogP contribution in [0.4, 0.5) is 0 Å². The molecule has 0 aliphatic carbocycles.